The Kier molecular flexibility index (Phi) is 5.06. The third-order valence-electron chi connectivity index (χ3n) is 3.99. The van der Waals surface area contributed by atoms with Gasteiger partial charge in [0.1, 0.15) is 5.75 Å². The highest BCUT2D eigenvalue weighted by Crippen LogP contribution is 2.23. The monoisotopic (exact) mass is 247 g/mol. The molecule has 0 bridgehead atoms. The van der Waals surface area contributed by atoms with Crippen LogP contribution in [0, 0.1) is 0 Å². The van der Waals surface area contributed by atoms with E-state index in [9.17, 15) is 0 Å². The summed E-state index contributed by atoms with van der Waals surface area (Å²) < 4.78 is 5.29. The quantitative estimate of drug-likeness (QED) is 0.787. The van der Waals surface area contributed by atoms with Crippen molar-refractivity contribution in [2.45, 2.75) is 38.5 Å². The maximum Gasteiger partial charge on any atom is 0.119 e. The molecule has 100 valence electrons. The summed E-state index contributed by atoms with van der Waals surface area (Å²) in [6.07, 6.45) is 5.43. The average Bonchev–Trinajstić information content (AvgIpc) is 2.46. The second-order valence-corrected chi connectivity index (χ2v) is 5.37. The largest absolute Gasteiger partial charge is 0.497 e. The molecule has 0 saturated carbocycles. The molecule has 1 unspecified atom stereocenters. The number of benzene rings is 1. The molecule has 1 saturated heterocycles. The SMILES string of the molecule is COc1cccc(C(C)CCN2CCCCC2)c1. The molecular weight excluding hydrogens is 222 g/mol. The first kappa shape index (κ1) is 13.4. The molecule has 0 aliphatic carbocycles. The Hall–Kier alpha value is -1.02. The van der Waals surface area contributed by atoms with Gasteiger partial charge in [0.15, 0.2) is 0 Å². The number of piperidine rings is 1. The summed E-state index contributed by atoms with van der Waals surface area (Å²) in [7, 11) is 1.73. The number of likely N-dealkylation sites (tertiary alicyclic amines) is 1. The zero-order chi connectivity index (χ0) is 12.8. The Balaban J connectivity index is 1.84. The predicted octanol–water partition coefficient (Wildman–Crippen LogP) is 3.67. The van der Waals surface area contributed by atoms with Gasteiger partial charge in [0, 0.05) is 0 Å². The van der Waals surface area contributed by atoms with Crippen LogP contribution in [0.25, 0.3) is 0 Å². The van der Waals surface area contributed by atoms with Crippen molar-refractivity contribution in [1.82, 2.24) is 4.90 Å². The molecule has 1 aliphatic rings. The van der Waals surface area contributed by atoms with E-state index < -0.39 is 0 Å². The van der Waals surface area contributed by atoms with Gasteiger partial charge in [-0.25, -0.2) is 0 Å². The van der Waals surface area contributed by atoms with Crippen LogP contribution >= 0.6 is 0 Å². The molecule has 0 radical (unpaired) electrons. The third-order valence-corrected chi connectivity index (χ3v) is 3.99. The van der Waals surface area contributed by atoms with E-state index in [2.05, 4.69) is 30.0 Å². The highest BCUT2D eigenvalue weighted by atomic mass is 16.5. The summed E-state index contributed by atoms with van der Waals surface area (Å²) in [6.45, 7) is 6.15. The van der Waals surface area contributed by atoms with Gasteiger partial charge in [-0.3, -0.25) is 0 Å². The molecule has 2 rings (SSSR count). The molecule has 2 nitrogen and oxygen atoms in total. The molecule has 1 aliphatic heterocycles. The van der Waals surface area contributed by atoms with Crippen LogP contribution < -0.4 is 4.74 Å². The van der Waals surface area contributed by atoms with Gasteiger partial charge in [0.2, 0.25) is 0 Å². The fourth-order valence-electron chi connectivity index (χ4n) is 2.67. The van der Waals surface area contributed by atoms with Gasteiger partial charge in [-0.1, -0.05) is 25.5 Å². The summed E-state index contributed by atoms with van der Waals surface area (Å²) in [6, 6.07) is 8.48. The van der Waals surface area contributed by atoms with Crippen LogP contribution in [0.1, 0.15) is 44.1 Å². The Morgan fingerprint density at radius 3 is 2.72 bits per heavy atom. The average molecular weight is 247 g/mol. The smallest absolute Gasteiger partial charge is 0.119 e. The van der Waals surface area contributed by atoms with Crippen LogP contribution in [-0.4, -0.2) is 31.6 Å². The molecule has 0 N–H and O–H groups in total. The van der Waals surface area contributed by atoms with E-state index in [1.54, 1.807) is 7.11 Å². The normalized spacial score (nSPS) is 18.6. The second-order valence-electron chi connectivity index (χ2n) is 5.37. The zero-order valence-corrected chi connectivity index (χ0v) is 11.7. The van der Waals surface area contributed by atoms with E-state index in [-0.39, 0.29) is 0 Å². The van der Waals surface area contributed by atoms with Crippen molar-refractivity contribution >= 4 is 0 Å². The maximum absolute atomic E-state index is 5.29. The highest BCUT2D eigenvalue weighted by Gasteiger charge is 2.12. The minimum atomic E-state index is 0.613. The Morgan fingerprint density at radius 2 is 2.00 bits per heavy atom. The van der Waals surface area contributed by atoms with E-state index in [1.165, 1.54) is 50.9 Å². The molecular formula is C16H25NO. The van der Waals surface area contributed by atoms with Gasteiger partial charge in [0.25, 0.3) is 0 Å². The van der Waals surface area contributed by atoms with Gasteiger partial charge in [-0.2, -0.15) is 0 Å². The first-order chi connectivity index (χ1) is 8.79. The minimum Gasteiger partial charge on any atom is -0.497 e. The molecule has 1 fully saturated rings. The number of hydrogen-bond acceptors (Lipinski definition) is 2. The summed E-state index contributed by atoms with van der Waals surface area (Å²) in [5.74, 6) is 1.58. The lowest BCUT2D eigenvalue weighted by Gasteiger charge is -2.27. The number of rotatable bonds is 5. The van der Waals surface area contributed by atoms with Crippen molar-refractivity contribution in [3.05, 3.63) is 29.8 Å². The second kappa shape index (κ2) is 6.79. The minimum absolute atomic E-state index is 0.613. The van der Waals surface area contributed by atoms with Crippen LogP contribution in [0.4, 0.5) is 0 Å². The van der Waals surface area contributed by atoms with Gasteiger partial charge in [-0.15, -0.1) is 0 Å². The van der Waals surface area contributed by atoms with Crippen molar-refractivity contribution in [1.29, 1.82) is 0 Å². The van der Waals surface area contributed by atoms with Crippen molar-refractivity contribution in [2.75, 3.05) is 26.7 Å². The molecule has 0 spiro atoms. The van der Waals surface area contributed by atoms with Gasteiger partial charge in [-0.05, 0) is 62.5 Å². The van der Waals surface area contributed by atoms with Gasteiger partial charge < -0.3 is 9.64 Å². The lowest BCUT2D eigenvalue weighted by molar-refractivity contribution is 0.222. The molecule has 1 heterocycles. The molecule has 1 aromatic rings. The Morgan fingerprint density at radius 1 is 1.22 bits per heavy atom. The van der Waals surface area contributed by atoms with Crippen LogP contribution in [0.3, 0.4) is 0 Å². The first-order valence-electron chi connectivity index (χ1n) is 7.16. The van der Waals surface area contributed by atoms with E-state index in [4.69, 9.17) is 4.74 Å². The third kappa shape index (κ3) is 3.74. The van der Waals surface area contributed by atoms with E-state index in [0.29, 0.717) is 5.92 Å². The molecule has 1 atom stereocenters. The Bertz CT molecular complexity index is 358. The number of nitrogens with zero attached hydrogens (tertiary/aromatic N) is 1. The lowest BCUT2D eigenvalue weighted by Crippen LogP contribution is -2.31. The topological polar surface area (TPSA) is 12.5 Å². The lowest BCUT2D eigenvalue weighted by atomic mass is 9.97. The highest BCUT2D eigenvalue weighted by molar-refractivity contribution is 5.30. The van der Waals surface area contributed by atoms with E-state index >= 15 is 0 Å². The molecule has 2 heteroatoms. The van der Waals surface area contributed by atoms with Gasteiger partial charge in [0.05, 0.1) is 7.11 Å². The number of hydrogen-bond donors (Lipinski definition) is 0. The molecule has 0 aromatic heterocycles. The van der Waals surface area contributed by atoms with E-state index in [0.717, 1.165) is 5.75 Å². The summed E-state index contributed by atoms with van der Waals surface area (Å²) in [5, 5.41) is 0. The van der Waals surface area contributed by atoms with Crippen molar-refractivity contribution < 1.29 is 4.74 Å². The first-order valence-corrected chi connectivity index (χ1v) is 7.16. The summed E-state index contributed by atoms with van der Waals surface area (Å²) in [4.78, 5) is 2.61. The Labute approximate surface area is 111 Å². The van der Waals surface area contributed by atoms with Crippen LogP contribution in [0.2, 0.25) is 0 Å². The summed E-state index contributed by atoms with van der Waals surface area (Å²) in [5.41, 5.74) is 1.39. The maximum atomic E-state index is 5.29. The van der Waals surface area contributed by atoms with Crippen molar-refractivity contribution in [3.8, 4) is 5.75 Å². The van der Waals surface area contributed by atoms with Crippen LogP contribution in [0.5, 0.6) is 5.75 Å². The van der Waals surface area contributed by atoms with Crippen LogP contribution in [0.15, 0.2) is 24.3 Å². The molecule has 18 heavy (non-hydrogen) atoms. The fraction of sp³-hybridized carbons (Fsp3) is 0.625. The van der Waals surface area contributed by atoms with Crippen molar-refractivity contribution in [3.63, 3.8) is 0 Å². The van der Waals surface area contributed by atoms with Crippen LogP contribution in [-0.2, 0) is 0 Å². The zero-order valence-electron chi connectivity index (χ0n) is 11.7. The number of methoxy groups -OCH3 is 1. The molecule has 0 amide bonds. The van der Waals surface area contributed by atoms with E-state index in [1.807, 2.05) is 6.07 Å². The summed E-state index contributed by atoms with van der Waals surface area (Å²) >= 11 is 0. The standard InChI is InChI=1S/C16H25NO/c1-14(9-12-17-10-4-3-5-11-17)15-7-6-8-16(13-15)18-2/h6-8,13-14H,3-5,9-12H2,1-2H3. The predicted molar refractivity (Wildman–Crippen MR) is 76.3 cm³/mol. The fourth-order valence-corrected chi connectivity index (χ4v) is 2.67. The van der Waals surface area contributed by atoms with Gasteiger partial charge >= 0.3 is 0 Å². The van der Waals surface area contributed by atoms with Crippen molar-refractivity contribution in [2.24, 2.45) is 0 Å². The molecule has 1 aromatic carbocycles. The number of ether oxygens (including phenoxy) is 1.